The van der Waals surface area contributed by atoms with Crippen LogP contribution in [0, 0.1) is 0 Å². The second kappa shape index (κ2) is 7.62. The maximum Gasteiger partial charge on any atom is 0.169 e. The molecule has 4 heteroatoms. The molecule has 0 fully saturated rings. The molecule has 27 heavy (non-hydrogen) atoms. The minimum Gasteiger partial charge on any atom is -0.252 e. The standard InChI is InChI=1S/C23H24N4/c1-3-11-27-14-7-18(8-15-27)20-5-6-21-22(16-20)24-17-23(25-21)19-9-12-26(4-2)13-10-19/h5-10,12-17H,3-4,11H2,1-2H3/q+2. The Kier molecular flexibility index (Phi) is 4.88. The summed E-state index contributed by atoms with van der Waals surface area (Å²) >= 11 is 0. The average Bonchev–Trinajstić information content (AvgIpc) is 2.74. The molecule has 4 rings (SSSR count). The Morgan fingerprint density at radius 3 is 2.15 bits per heavy atom. The zero-order valence-corrected chi connectivity index (χ0v) is 15.8. The highest BCUT2D eigenvalue weighted by Gasteiger charge is 2.07. The lowest BCUT2D eigenvalue weighted by Gasteiger charge is -2.05. The molecular weight excluding hydrogens is 332 g/mol. The second-order valence-corrected chi connectivity index (χ2v) is 6.70. The molecule has 134 valence electrons. The first-order valence-corrected chi connectivity index (χ1v) is 9.52. The van der Waals surface area contributed by atoms with E-state index >= 15 is 0 Å². The van der Waals surface area contributed by atoms with Crippen LogP contribution in [0.4, 0.5) is 0 Å². The van der Waals surface area contributed by atoms with E-state index in [1.54, 1.807) is 0 Å². The van der Waals surface area contributed by atoms with Crippen molar-refractivity contribution in [1.29, 1.82) is 0 Å². The minimum atomic E-state index is 0.902. The molecule has 4 aromatic rings. The molecule has 0 aliphatic carbocycles. The van der Waals surface area contributed by atoms with Gasteiger partial charge in [0.05, 0.1) is 22.9 Å². The van der Waals surface area contributed by atoms with Gasteiger partial charge in [-0.1, -0.05) is 13.0 Å². The summed E-state index contributed by atoms with van der Waals surface area (Å²) in [5.41, 5.74) is 6.18. The zero-order chi connectivity index (χ0) is 18.6. The Bertz CT molecular complexity index is 1050. The van der Waals surface area contributed by atoms with E-state index in [1.807, 2.05) is 6.20 Å². The first-order valence-electron chi connectivity index (χ1n) is 9.52. The summed E-state index contributed by atoms with van der Waals surface area (Å²) in [4.78, 5) is 9.46. The molecule has 0 amide bonds. The molecule has 0 aliphatic heterocycles. The van der Waals surface area contributed by atoms with Gasteiger partial charge in [0, 0.05) is 36.2 Å². The molecule has 0 bridgehead atoms. The molecule has 4 nitrogen and oxygen atoms in total. The van der Waals surface area contributed by atoms with Crippen molar-refractivity contribution in [2.45, 2.75) is 33.4 Å². The van der Waals surface area contributed by atoms with Crippen LogP contribution in [-0.4, -0.2) is 9.97 Å². The Hall–Kier alpha value is -3.14. The van der Waals surface area contributed by atoms with Crippen LogP contribution in [0.2, 0.25) is 0 Å². The largest absolute Gasteiger partial charge is 0.252 e. The van der Waals surface area contributed by atoms with Gasteiger partial charge < -0.3 is 0 Å². The summed E-state index contributed by atoms with van der Waals surface area (Å²) in [7, 11) is 0. The summed E-state index contributed by atoms with van der Waals surface area (Å²) in [5.74, 6) is 0. The van der Waals surface area contributed by atoms with E-state index in [1.165, 1.54) is 5.56 Å². The second-order valence-electron chi connectivity index (χ2n) is 6.70. The highest BCUT2D eigenvalue weighted by atomic mass is 14.9. The smallest absolute Gasteiger partial charge is 0.169 e. The number of nitrogens with zero attached hydrogens (tertiary/aromatic N) is 4. The van der Waals surface area contributed by atoms with Crippen molar-refractivity contribution in [3.05, 3.63) is 73.4 Å². The molecule has 3 heterocycles. The molecule has 0 aliphatic rings. The van der Waals surface area contributed by atoms with Gasteiger partial charge in [0.1, 0.15) is 13.1 Å². The maximum atomic E-state index is 4.80. The predicted molar refractivity (Wildman–Crippen MR) is 107 cm³/mol. The molecule has 1 aromatic carbocycles. The molecule has 3 aromatic heterocycles. The SMILES string of the molecule is CCC[n+]1ccc(-c2ccc3nc(-c4cc[n+](CC)cc4)cnc3c2)cc1. The van der Waals surface area contributed by atoms with Gasteiger partial charge in [-0.25, -0.2) is 14.1 Å². The topological polar surface area (TPSA) is 33.5 Å². The zero-order valence-electron chi connectivity index (χ0n) is 15.8. The van der Waals surface area contributed by atoms with Gasteiger partial charge >= 0.3 is 0 Å². The van der Waals surface area contributed by atoms with E-state index < -0.39 is 0 Å². The fraction of sp³-hybridized carbons (Fsp3) is 0.217. The van der Waals surface area contributed by atoms with Gasteiger partial charge in [-0.05, 0) is 30.2 Å². The van der Waals surface area contributed by atoms with Crippen molar-refractivity contribution in [3.63, 3.8) is 0 Å². The fourth-order valence-corrected chi connectivity index (χ4v) is 3.23. The van der Waals surface area contributed by atoms with Crippen LogP contribution >= 0.6 is 0 Å². The van der Waals surface area contributed by atoms with E-state index in [0.29, 0.717) is 0 Å². The van der Waals surface area contributed by atoms with Crippen molar-refractivity contribution in [2.24, 2.45) is 0 Å². The highest BCUT2D eigenvalue weighted by Crippen LogP contribution is 2.24. The van der Waals surface area contributed by atoms with Gasteiger partial charge in [0.15, 0.2) is 24.8 Å². The van der Waals surface area contributed by atoms with Crippen molar-refractivity contribution < 1.29 is 9.13 Å². The first-order chi connectivity index (χ1) is 13.3. The normalized spacial score (nSPS) is 11.0. The number of aromatic nitrogens is 4. The lowest BCUT2D eigenvalue weighted by Crippen LogP contribution is -2.31. The number of aryl methyl sites for hydroxylation is 2. The van der Waals surface area contributed by atoms with Crippen molar-refractivity contribution in [3.8, 4) is 22.4 Å². The molecule has 0 saturated carbocycles. The predicted octanol–water partition coefficient (Wildman–Crippen LogP) is 3.97. The van der Waals surface area contributed by atoms with Crippen LogP contribution < -0.4 is 9.13 Å². The highest BCUT2D eigenvalue weighted by molar-refractivity contribution is 5.82. The summed E-state index contributed by atoms with van der Waals surface area (Å²) in [6, 6.07) is 14.8. The third kappa shape index (κ3) is 3.70. The van der Waals surface area contributed by atoms with E-state index in [2.05, 4.69) is 95.2 Å². The molecule has 0 saturated heterocycles. The Labute approximate surface area is 159 Å². The van der Waals surface area contributed by atoms with E-state index in [4.69, 9.17) is 4.98 Å². The Morgan fingerprint density at radius 2 is 1.44 bits per heavy atom. The quantitative estimate of drug-likeness (QED) is 0.507. The third-order valence-electron chi connectivity index (χ3n) is 4.80. The molecular formula is C23H24N4+2. The van der Waals surface area contributed by atoms with Crippen LogP contribution in [0.25, 0.3) is 33.4 Å². The Morgan fingerprint density at radius 1 is 0.741 bits per heavy atom. The van der Waals surface area contributed by atoms with Crippen LogP contribution in [0.15, 0.2) is 73.4 Å². The van der Waals surface area contributed by atoms with Gasteiger partial charge in [0.25, 0.3) is 0 Å². The van der Waals surface area contributed by atoms with Crippen LogP contribution in [0.5, 0.6) is 0 Å². The lowest BCUT2D eigenvalue weighted by molar-refractivity contribution is -0.696. The van der Waals surface area contributed by atoms with Crippen molar-refractivity contribution in [2.75, 3.05) is 0 Å². The van der Waals surface area contributed by atoms with Gasteiger partial charge in [-0.15, -0.1) is 0 Å². The fourth-order valence-electron chi connectivity index (χ4n) is 3.23. The Balaban J connectivity index is 1.65. The van der Waals surface area contributed by atoms with Crippen molar-refractivity contribution >= 4 is 11.0 Å². The van der Waals surface area contributed by atoms with E-state index in [-0.39, 0.29) is 0 Å². The molecule has 0 radical (unpaired) electrons. The van der Waals surface area contributed by atoms with Gasteiger partial charge in [-0.2, -0.15) is 0 Å². The van der Waals surface area contributed by atoms with Crippen LogP contribution in [0.1, 0.15) is 20.3 Å². The molecule has 0 N–H and O–H groups in total. The van der Waals surface area contributed by atoms with Gasteiger partial charge in [-0.3, -0.25) is 4.98 Å². The number of hydrogen-bond donors (Lipinski definition) is 0. The first kappa shape index (κ1) is 17.3. The monoisotopic (exact) mass is 356 g/mol. The van der Waals surface area contributed by atoms with E-state index in [0.717, 1.165) is 47.4 Å². The summed E-state index contributed by atoms with van der Waals surface area (Å²) < 4.78 is 4.34. The number of hydrogen-bond acceptors (Lipinski definition) is 2. The average molecular weight is 356 g/mol. The number of fused-ring (bicyclic) bond motifs is 1. The molecule has 0 unspecified atom stereocenters. The summed E-state index contributed by atoms with van der Waals surface area (Å²) in [6.07, 6.45) is 11.4. The number of pyridine rings is 2. The van der Waals surface area contributed by atoms with E-state index in [9.17, 15) is 0 Å². The lowest BCUT2D eigenvalue weighted by atomic mass is 10.1. The number of benzene rings is 1. The molecule has 0 atom stereocenters. The van der Waals surface area contributed by atoms with Crippen molar-refractivity contribution in [1.82, 2.24) is 9.97 Å². The summed E-state index contributed by atoms with van der Waals surface area (Å²) in [5, 5.41) is 0. The summed E-state index contributed by atoms with van der Waals surface area (Å²) in [6.45, 7) is 6.33. The van der Waals surface area contributed by atoms with Crippen LogP contribution in [-0.2, 0) is 13.1 Å². The molecule has 0 spiro atoms. The third-order valence-corrected chi connectivity index (χ3v) is 4.80. The van der Waals surface area contributed by atoms with Gasteiger partial charge in [0.2, 0.25) is 0 Å². The minimum absolute atomic E-state index is 0.902. The van der Waals surface area contributed by atoms with Crippen LogP contribution in [0.3, 0.4) is 0 Å². The maximum absolute atomic E-state index is 4.80. The number of rotatable bonds is 5.